The lowest BCUT2D eigenvalue weighted by molar-refractivity contribution is 0.379. The number of benzene rings is 1. The van der Waals surface area contributed by atoms with Crippen LogP contribution in [-0.4, -0.2) is 10.1 Å². The van der Waals surface area contributed by atoms with E-state index in [2.05, 4.69) is 10.1 Å². The maximum Gasteiger partial charge on any atom is 0.231 e. The Bertz CT molecular complexity index is 438. The van der Waals surface area contributed by atoms with Crippen molar-refractivity contribution >= 4 is 11.6 Å². The van der Waals surface area contributed by atoms with Crippen molar-refractivity contribution in [1.82, 2.24) is 10.1 Å². The van der Waals surface area contributed by atoms with Gasteiger partial charge in [0, 0.05) is 5.02 Å². The Balaban J connectivity index is 2.11. The molecular formula is C10H10ClN3O. The molecule has 0 bridgehead atoms. The van der Waals surface area contributed by atoms with E-state index < -0.39 is 0 Å². The van der Waals surface area contributed by atoms with Crippen LogP contribution in [-0.2, 0) is 13.0 Å². The highest BCUT2D eigenvalue weighted by Crippen LogP contribution is 2.12. The van der Waals surface area contributed by atoms with Crippen molar-refractivity contribution in [2.45, 2.75) is 13.0 Å². The minimum atomic E-state index is 0.296. The third kappa shape index (κ3) is 2.55. The third-order valence-corrected chi connectivity index (χ3v) is 2.21. The standard InChI is InChI=1S/C10H10ClN3O/c11-8-3-1-7(2-4-8)5-10-13-9(6-12)14-15-10/h1-4H,5-6,12H2. The van der Waals surface area contributed by atoms with Gasteiger partial charge in [-0.05, 0) is 17.7 Å². The second kappa shape index (κ2) is 4.42. The van der Waals surface area contributed by atoms with Crippen LogP contribution in [0.2, 0.25) is 5.02 Å². The quantitative estimate of drug-likeness (QED) is 0.862. The van der Waals surface area contributed by atoms with Crippen molar-refractivity contribution in [1.29, 1.82) is 0 Å². The molecule has 0 fully saturated rings. The van der Waals surface area contributed by atoms with Crippen molar-refractivity contribution in [3.05, 3.63) is 46.6 Å². The predicted molar refractivity (Wildman–Crippen MR) is 56.4 cm³/mol. The van der Waals surface area contributed by atoms with Gasteiger partial charge in [-0.2, -0.15) is 4.98 Å². The van der Waals surface area contributed by atoms with Crippen molar-refractivity contribution in [2.24, 2.45) is 5.73 Å². The van der Waals surface area contributed by atoms with Crippen LogP contribution in [0, 0.1) is 0 Å². The lowest BCUT2D eigenvalue weighted by Gasteiger charge is -1.95. The number of hydrogen-bond acceptors (Lipinski definition) is 4. The van der Waals surface area contributed by atoms with Crippen molar-refractivity contribution < 1.29 is 4.52 Å². The SMILES string of the molecule is NCc1noc(Cc2ccc(Cl)cc2)n1. The molecule has 0 aliphatic rings. The zero-order valence-electron chi connectivity index (χ0n) is 7.98. The molecule has 0 unspecified atom stereocenters. The summed E-state index contributed by atoms with van der Waals surface area (Å²) in [6, 6.07) is 7.51. The smallest absolute Gasteiger partial charge is 0.231 e. The molecule has 0 aliphatic heterocycles. The molecule has 0 saturated heterocycles. The van der Waals surface area contributed by atoms with Crippen LogP contribution in [0.5, 0.6) is 0 Å². The van der Waals surface area contributed by atoms with Crippen LogP contribution >= 0.6 is 11.6 Å². The van der Waals surface area contributed by atoms with Gasteiger partial charge >= 0.3 is 0 Å². The summed E-state index contributed by atoms with van der Waals surface area (Å²) in [5.41, 5.74) is 6.45. The summed E-state index contributed by atoms with van der Waals surface area (Å²) >= 11 is 5.77. The Morgan fingerprint density at radius 3 is 2.60 bits per heavy atom. The van der Waals surface area contributed by atoms with Gasteiger partial charge < -0.3 is 10.3 Å². The Labute approximate surface area is 92.0 Å². The number of nitrogens with two attached hydrogens (primary N) is 1. The molecule has 2 rings (SSSR count). The van der Waals surface area contributed by atoms with Gasteiger partial charge in [-0.15, -0.1) is 0 Å². The minimum absolute atomic E-state index is 0.296. The van der Waals surface area contributed by atoms with Gasteiger partial charge in [0.25, 0.3) is 0 Å². The molecule has 0 atom stereocenters. The Morgan fingerprint density at radius 1 is 1.27 bits per heavy atom. The largest absolute Gasteiger partial charge is 0.339 e. The molecule has 0 aliphatic carbocycles. The maximum atomic E-state index is 5.77. The van der Waals surface area contributed by atoms with Crippen LogP contribution in [0.4, 0.5) is 0 Å². The molecule has 0 radical (unpaired) electrons. The topological polar surface area (TPSA) is 64.9 Å². The highest BCUT2D eigenvalue weighted by Gasteiger charge is 2.05. The van der Waals surface area contributed by atoms with Crippen molar-refractivity contribution in [2.75, 3.05) is 0 Å². The van der Waals surface area contributed by atoms with E-state index in [1.807, 2.05) is 24.3 Å². The van der Waals surface area contributed by atoms with Gasteiger partial charge in [-0.3, -0.25) is 0 Å². The molecular weight excluding hydrogens is 214 g/mol. The van der Waals surface area contributed by atoms with Gasteiger partial charge in [-0.25, -0.2) is 0 Å². The van der Waals surface area contributed by atoms with Crippen LogP contribution in [0.3, 0.4) is 0 Å². The number of rotatable bonds is 3. The number of halogens is 1. The molecule has 0 saturated carbocycles. The number of nitrogens with zero attached hydrogens (tertiary/aromatic N) is 2. The van der Waals surface area contributed by atoms with E-state index in [4.69, 9.17) is 21.9 Å². The highest BCUT2D eigenvalue weighted by atomic mass is 35.5. The average Bonchev–Trinajstić information content (AvgIpc) is 2.69. The fourth-order valence-corrected chi connectivity index (χ4v) is 1.35. The highest BCUT2D eigenvalue weighted by molar-refractivity contribution is 6.30. The van der Waals surface area contributed by atoms with E-state index in [1.165, 1.54) is 0 Å². The van der Waals surface area contributed by atoms with Crippen molar-refractivity contribution in [3.63, 3.8) is 0 Å². The summed E-state index contributed by atoms with van der Waals surface area (Å²) in [5.74, 6) is 1.09. The summed E-state index contributed by atoms with van der Waals surface area (Å²) in [6.07, 6.45) is 0.601. The maximum absolute atomic E-state index is 5.77. The first-order valence-corrected chi connectivity index (χ1v) is 4.91. The van der Waals surface area contributed by atoms with E-state index in [0.29, 0.717) is 29.7 Å². The van der Waals surface area contributed by atoms with Gasteiger partial charge in [0.15, 0.2) is 5.82 Å². The van der Waals surface area contributed by atoms with E-state index in [9.17, 15) is 0 Å². The number of aromatic nitrogens is 2. The minimum Gasteiger partial charge on any atom is -0.339 e. The lowest BCUT2D eigenvalue weighted by atomic mass is 10.1. The molecule has 78 valence electrons. The van der Waals surface area contributed by atoms with Gasteiger partial charge in [0.1, 0.15) is 0 Å². The zero-order chi connectivity index (χ0) is 10.7. The Morgan fingerprint density at radius 2 is 2.00 bits per heavy atom. The van der Waals surface area contributed by atoms with E-state index in [-0.39, 0.29) is 0 Å². The van der Waals surface area contributed by atoms with Crippen molar-refractivity contribution in [3.8, 4) is 0 Å². The molecule has 1 heterocycles. The lowest BCUT2D eigenvalue weighted by Crippen LogP contribution is -1.98. The zero-order valence-corrected chi connectivity index (χ0v) is 8.74. The summed E-state index contributed by atoms with van der Waals surface area (Å²) in [5, 5.41) is 4.43. The fraction of sp³-hybridized carbons (Fsp3) is 0.200. The van der Waals surface area contributed by atoms with Crippen LogP contribution in [0.25, 0.3) is 0 Å². The van der Waals surface area contributed by atoms with Crippen LogP contribution in [0.15, 0.2) is 28.8 Å². The van der Waals surface area contributed by atoms with Gasteiger partial charge in [0.2, 0.25) is 5.89 Å². The molecule has 0 spiro atoms. The molecule has 15 heavy (non-hydrogen) atoms. The van der Waals surface area contributed by atoms with Crippen LogP contribution in [0.1, 0.15) is 17.3 Å². The molecule has 1 aromatic carbocycles. The first-order valence-electron chi connectivity index (χ1n) is 4.54. The van der Waals surface area contributed by atoms with Gasteiger partial charge in [-0.1, -0.05) is 28.9 Å². The Hall–Kier alpha value is -1.39. The monoisotopic (exact) mass is 223 g/mol. The van der Waals surface area contributed by atoms with E-state index in [0.717, 1.165) is 5.56 Å². The molecule has 5 heteroatoms. The summed E-state index contributed by atoms with van der Waals surface area (Å²) in [4.78, 5) is 4.11. The van der Waals surface area contributed by atoms with E-state index >= 15 is 0 Å². The first kappa shape index (κ1) is 10.1. The predicted octanol–water partition coefficient (Wildman–Crippen LogP) is 1.77. The summed E-state index contributed by atoms with van der Waals surface area (Å²) in [7, 11) is 0. The second-order valence-electron chi connectivity index (χ2n) is 3.11. The number of hydrogen-bond donors (Lipinski definition) is 1. The van der Waals surface area contributed by atoms with Crippen LogP contribution < -0.4 is 5.73 Å². The Kier molecular flexibility index (Phi) is 2.99. The summed E-state index contributed by atoms with van der Waals surface area (Å²) < 4.78 is 5.02. The fourth-order valence-electron chi connectivity index (χ4n) is 1.22. The molecule has 4 nitrogen and oxygen atoms in total. The first-order chi connectivity index (χ1) is 7.28. The molecule has 2 aromatic rings. The molecule has 2 N–H and O–H groups in total. The molecule has 1 aromatic heterocycles. The molecule has 0 amide bonds. The average molecular weight is 224 g/mol. The normalized spacial score (nSPS) is 10.5. The third-order valence-electron chi connectivity index (χ3n) is 1.96. The second-order valence-corrected chi connectivity index (χ2v) is 3.55. The van der Waals surface area contributed by atoms with E-state index in [1.54, 1.807) is 0 Å². The summed E-state index contributed by atoms with van der Waals surface area (Å²) in [6.45, 7) is 0.296. The van der Waals surface area contributed by atoms with Gasteiger partial charge in [0.05, 0.1) is 13.0 Å².